The van der Waals surface area contributed by atoms with Gasteiger partial charge in [-0.25, -0.2) is 0 Å². The molecule has 0 aliphatic heterocycles. The van der Waals surface area contributed by atoms with E-state index in [1.54, 1.807) is 0 Å². The third-order valence-corrected chi connectivity index (χ3v) is 12.6. The monoisotopic (exact) mass is 573 g/mol. The van der Waals surface area contributed by atoms with Crippen molar-refractivity contribution in [2.45, 2.75) is 123 Å². The molecule has 5 nitrogen and oxygen atoms in total. The van der Waals surface area contributed by atoms with Gasteiger partial charge in [0.25, 0.3) is 5.91 Å². The second-order valence-electron chi connectivity index (χ2n) is 15.7. The molecule has 0 aromatic heterocycles. The number of aliphatic hydroxyl groups excluding tert-OH is 1. The average molecular weight is 574 g/mol. The molecular weight excluding hydrogens is 521 g/mol. The van der Waals surface area contributed by atoms with Crippen LogP contribution in [0, 0.1) is 46.3 Å². The van der Waals surface area contributed by atoms with Gasteiger partial charge in [0.1, 0.15) is 0 Å². The molecule has 2 N–H and O–H groups in total. The van der Waals surface area contributed by atoms with Crippen molar-refractivity contribution in [1.82, 2.24) is 5.32 Å². The molecule has 222 valence electrons. The molecule has 10 atom stereocenters. The number of aliphatic carboxylic acids is 1. The van der Waals surface area contributed by atoms with Crippen molar-refractivity contribution in [2.75, 3.05) is 0 Å². The average Bonchev–Trinajstić information content (AvgIpc) is 3.25. The number of hydrogen-bond donors (Lipinski definition) is 2. The number of benzene rings is 1. The minimum Gasteiger partial charge on any atom is -0.550 e. The quantitative estimate of drug-likeness (QED) is 0.513. The molecule has 0 bridgehead atoms. The summed E-state index contributed by atoms with van der Waals surface area (Å²) in [5.74, 6) is 1.78. The maximum Gasteiger partial charge on any atom is 1.00 e. The van der Waals surface area contributed by atoms with Crippen molar-refractivity contribution in [2.24, 2.45) is 46.3 Å². The summed E-state index contributed by atoms with van der Waals surface area (Å²) < 4.78 is 0. The van der Waals surface area contributed by atoms with Crippen molar-refractivity contribution < 1.29 is 49.4 Å². The van der Waals surface area contributed by atoms with Crippen molar-refractivity contribution in [3.8, 4) is 0 Å². The van der Waals surface area contributed by atoms with E-state index in [2.05, 4.69) is 59.0 Å². The zero-order valence-corrected chi connectivity index (χ0v) is 28.7. The van der Waals surface area contributed by atoms with Crippen LogP contribution in [0.1, 0.15) is 122 Å². The van der Waals surface area contributed by atoms with Crippen molar-refractivity contribution in [1.29, 1.82) is 0 Å². The van der Waals surface area contributed by atoms with E-state index in [1.165, 1.54) is 12.0 Å². The largest absolute Gasteiger partial charge is 1.00 e. The Labute approximate surface area is 270 Å². The van der Waals surface area contributed by atoms with Crippen LogP contribution in [0.25, 0.3) is 0 Å². The Morgan fingerprint density at radius 3 is 2.27 bits per heavy atom. The topological polar surface area (TPSA) is 89.5 Å². The number of carboxylic acids is 1. The summed E-state index contributed by atoms with van der Waals surface area (Å²) in [6.45, 7) is 13.7. The zero-order chi connectivity index (χ0) is 29.0. The second-order valence-corrected chi connectivity index (χ2v) is 15.7. The number of aliphatic hydroxyl groups is 1. The Balaban J connectivity index is 0.00000387. The number of amides is 1. The molecular formula is C35H52NNaO4. The fraction of sp³-hybridized carbons (Fsp3) is 0.771. The van der Waals surface area contributed by atoms with Gasteiger partial charge in [-0.15, -0.1) is 0 Å². The molecule has 1 aromatic carbocycles. The first-order valence-corrected chi connectivity index (χ1v) is 16.0. The van der Waals surface area contributed by atoms with Crippen LogP contribution in [-0.2, 0) is 10.2 Å². The third-order valence-electron chi connectivity index (χ3n) is 12.6. The molecule has 0 spiro atoms. The van der Waals surface area contributed by atoms with E-state index in [0.717, 1.165) is 50.5 Å². The Kier molecular flexibility index (Phi) is 9.87. The first-order valence-electron chi connectivity index (χ1n) is 16.0. The van der Waals surface area contributed by atoms with Gasteiger partial charge in [-0.2, -0.15) is 0 Å². The number of carbonyl (C=O) groups excluding carboxylic acids is 2. The summed E-state index contributed by atoms with van der Waals surface area (Å²) in [6.07, 6.45) is 9.09. The molecule has 4 aliphatic rings. The zero-order valence-electron chi connectivity index (χ0n) is 26.7. The molecule has 5 rings (SSSR count). The molecule has 4 aliphatic carbocycles. The minimum atomic E-state index is -0.942. The first-order chi connectivity index (χ1) is 18.7. The molecule has 4 saturated carbocycles. The van der Waals surface area contributed by atoms with Crippen LogP contribution in [0.15, 0.2) is 24.3 Å². The number of carboxylic acid groups (broad SMARTS) is 1. The number of nitrogens with one attached hydrogen (secondary N) is 1. The summed E-state index contributed by atoms with van der Waals surface area (Å²) in [5.41, 5.74) is 2.41. The number of carbonyl (C=O) groups is 2. The van der Waals surface area contributed by atoms with E-state index >= 15 is 0 Å². The van der Waals surface area contributed by atoms with Crippen LogP contribution >= 0.6 is 0 Å². The van der Waals surface area contributed by atoms with Gasteiger partial charge in [0.15, 0.2) is 0 Å². The maximum absolute atomic E-state index is 13.1. The predicted molar refractivity (Wildman–Crippen MR) is 156 cm³/mol. The Bertz CT molecular complexity index is 1100. The van der Waals surface area contributed by atoms with Crippen LogP contribution in [0.4, 0.5) is 0 Å². The third kappa shape index (κ3) is 6.22. The molecule has 0 saturated heterocycles. The van der Waals surface area contributed by atoms with Crippen LogP contribution in [0.2, 0.25) is 0 Å². The normalized spacial score (nSPS) is 39.0. The number of rotatable bonds is 6. The summed E-state index contributed by atoms with van der Waals surface area (Å²) in [7, 11) is 0. The van der Waals surface area contributed by atoms with E-state index in [1.807, 2.05) is 12.1 Å². The van der Waals surface area contributed by atoms with Gasteiger partial charge < -0.3 is 20.3 Å². The summed E-state index contributed by atoms with van der Waals surface area (Å²) in [6, 6.07) is 8.19. The van der Waals surface area contributed by atoms with Gasteiger partial charge in [0.2, 0.25) is 0 Å². The van der Waals surface area contributed by atoms with Gasteiger partial charge in [-0.3, -0.25) is 4.79 Å². The van der Waals surface area contributed by atoms with Crippen molar-refractivity contribution in [3.05, 3.63) is 35.4 Å². The molecule has 1 amide bonds. The minimum absolute atomic E-state index is 0. The second kappa shape index (κ2) is 12.3. The number of fused-ring (bicyclic) bond motifs is 5. The van der Waals surface area contributed by atoms with Gasteiger partial charge >= 0.3 is 29.6 Å². The summed E-state index contributed by atoms with van der Waals surface area (Å²) in [5, 5.41) is 26.1. The van der Waals surface area contributed by atoms with Gasteiger partial charge in [0, 0.05) is 17.6 Å². The van der Waals surface area contributed by atoms with Crippen LogP contribution in [0.5, 0.6) is 0 Å². The first kappa shape index (κ1) is 33.0. The smallest absolute Gasteiger partial charge is 0.550 e. The standard InChI is InChI=1S/C35H53NO4.Na/c1-21(7-14-30(38)39)26-12-13-27-31-28(16-18-35(26,27)6)34(5)17-15-25(19-24(34)20-29(31)37)36-32(40)22-8-10-23(11-9-22)33(2,3)4;/h8-11,21,24-29,31,37H,7,12-20H2,1-6H3,(H,36,40)(H,38,39);/q;+1/p-1/t21-,24?,25+,26-,27+,28+,29-,31+,34+,35-;/m1./s1. The van der Waals surface area contributed by atoms with E-state index in [4.69, 9.17) is 0 Å². The van der Waals surface area contributed by atoms with E-state index in [9.17, 15) is 19.8 Å². The van der Waals surface area contributed by atoms with E-state index < -0.39 is 5.97 Å². The maximum atomic E-state index is 13.1. The molecule has 4 fully saturated rings. The molecule has 41 heavy (non-hydrogen) atoms. The number of hydrogen-bond acceptors (Lipinski definition) is 4. The van der Waals surface area contributed by atoms with Crippen LogP contribution < -0.4 is 40.0 Å². The van der Waals surface area contributed by atoms with E-state index in [-0.39, 0.29) is 70.3 Å². The molecule has 0 heterocycles. The van der Waals surface area contributed by atoms with Crippen LogP contribution in [0.3, 0.4) is 0 Å². The summed E-state index contributed by atoms with van der Waals surface area (Å²) >= 11 is 0. The van der Waals surface area contributed by atoms with Crippen molar-refractivity contribution in [3.63, 3.8) is 0 Å². The Hall–Kier alpha value is -0.880. The Morgan fingerprint density at radius 1 is 1.00 bits per heavy atom. The molecule has 6 heteroatoms. The molecule has 0 radical (unpaired) electrons. The summed E-state index contributed by atoms with van der Waals surface area (Å²) in [4.78, 5) is 24.3. The van der Waals surface area contributed by atoms with Gasteiger partial charge in [0.05, 0.1) is 6.10 Å². The van der Waals surface area contributed by atoms with Gasteiger partial charge in [-0.1, -0.05) is 53.7 Å². The van der Waals surface area contributed by atoms with Gasteiger partial charge in [-0.05, 0) is 134 Å². The fourth-order valence-electron chi connectivity index (χ4n) is 10.3. The van der Waals surface area contributed by atoms with E-state index in [0.29, 0.717) is 41.9 Å². The SMILES string of the molecule is C[C@H](CCC(=O)[O-])[C@H]1CC[C@H]2[C@@H]3[C@H](O)CC4C[C@@H](NC(=O)c5ccc(C(C)(C)C)cc5)CC[C@]4(C)[C@H]3CC[C@]12C.[Na+]. The molecule has 1 aromatic rings. The predicted octanol–water partition coefficient (Wildman–Crippen LogP) is 2.88. The van der Waals surface area contributed by atoms with Crippen LogP contribution in [-0.4, -0.2) is 29.1 Å². The fourth-order valence-corrected chi connectivity index (χ4v) is 10.3. The Morgan fingerprint density at radius 2 is 1.63 bits per heavy atom. The molecule has 1 unspecified atom stereocenters. The van der Waals surface area contributed by atoms with Crippen molar-refractivity contribution >= 4 is 11.9 Å².